The highest BCUT2D eigenvalue weighted by Gasteiger charge is 2.42. The number of benzene rings is 1. The zero-order valence-corrected chi connectivity index (χ0v) is 23.3. The molecule has 4 N–H and O–H groups in total. The summed E-state index contributed by atoms with van der Waals surface area (Å²) in [7, 11) is 0. The number of alkyl halides is 3. The number of rotatable bonds is 6. The van der Waals surface area contributed by atoms with Crippen molar-refractivity contribution in [2.24, 2.45) is 5.41 Å². The van der Waals surface area contributed by atoms with Gasteiger partial charge in [0, 0.05) is 41.7 Å². The van der Waals surface area contributed by atoms with E-state index in [4.69, 9.17) is 15.5 Å². The molecule has 6 rings (SSSR count). The van der Waals surface area contributed by atoms with Gasteiger partial charge in [0.15, 0.2) is 0 Å². The van der Waals surface area contributed by atoms with Crippen molar-refractivity contribution in [3.8, 4) is 11.3 Å². The monoisotopic (exact) mass is 593 g/mol. The molecule has 2 aliphatic rings. The van der Waals surface area contributed by atoms with E-state index in [-0.39, 0.29) is 29.2 Å². The van der Waals surface area contributed by atoms with E-state index in [1.54, 1.807) is 30.5 Å². The first-order chi connectivity index (χ1) is 20.5. The number of nitrogen functional groups attached to an aromatic ring is 1. The zero-order valence-electron chi connectivity index (χ0n) is 23.3. The number of nitrogens with zero attached hydrogens (tertiary/aromatic N) is 4. The van der Waals surface area contributed by atoms with Crippen LogP contribution in [0.4, 0.5) is 24.8 Å². The first-order valence-corrected chi connectivity index (χ1v) is 14.0. The summed E-state index contributed by atoms with van der Waals surface area (Å²) in [6.07, 6.45) is 3.32. The Kier molecular flexibility index (Phi) is 7.28. The quantitative estimate of drug-likeness (QED) is 0.292. The molecule has 3 aromatic heterocycles. The summed E-state index contributed by atoms with van der Waals surface area (Å²) in [6, 6.07) is 8.17. The lowest BCUT2D eigenvalue weighted by Crippen LogP contribution is -2.54. The number of pyridine rings is 1. The number of nitrogens with one attached hydrogen (secondary N) is 2. The molecule has 2 fully saturated rings. The number of amides is 2. The van der Waals surface area contributed by atoms with Crippen molar-refractivity contribution in [3.63, 3.8) is 0 Å². The third-order valence-corrected chi connectivity index (χ3v) is 8.12. The number of aromatic nitrogens is 4. The molecule has 1 saturated carbocycles. The van der Waals surface area contributed by atoms with Gasteiger partial charge in [-0.25, -0.2) is 15.0 Å². The zero-order chi connectivity index (χ0) is 30.4. The maximum absolute atomic E-state index is 13.0. The normalized spacial score (nSPS) is 19.9. The summed E-state index contributed by atoms with van der Waals surface area (Å²) in [5.74, 6) is 0.384. The lowest BCUT2D eigenvalue weighted by molar-refractivity contribution is -0.158. The summed E-state index contributed by atoms with van der Waals surface area (Å²) >= 11 is 0. The van der Waals surface area contributed by atoms with Crippen molar-refractivity contribution in [2.45, 2.75) is 50.7 Å². The van der Waals surface area contributed by atoms with E-state index in [9.17, 15) is 22.8 Å². The van der Waals surface area contributed by atoms with Crippen LogP contribution in [-0.4, -0.2) is 50.4 Å². The van der Waals surface area contributed by atoms with E-state index in [2.05, 4.69) is 20.6 Å². The average molecular weight is 594 g/mol. The number of hydrogen-bond donors (Lipinski definition) is 3. The van der Waals surface area contributed by atoms with Crippen LogP contribution in [-0.2, 0) is 15.7 Å². The van der Waals surface area contributed by atoms with E-state index in [1.165, 1.54) is 0 Å². The molecular formula is C30H30F3N7O3. The van der Waals surface area contributed by atoms with Gasteiger partial charge in [0.05, 0.1) is 24.2 Å². The molecule has 2 amide bonds. The number of anilines is 2. The van der Waals surface area contributed by atoms with Crippen LogP contribution >= 0.6 is 0 Å². The molecule has 2 atom stereocenters. The number of fused-ring (bicyclic) bond motifs is 1. The molecule has 4 aromatic rings. The number of ether oxygens (including phenoxy) is 1. The molecule has 0 spiro atoms. The van der Waals surface area contributed by atoms with Gasteiger partial charge in [0.2, 0.25) is 5.91 Å². The van der Waals surface area contributed by atoms with Crippen LogP contribution in [0.5, 0.6) is 0 Å². The average Bonchev–Trinajstić information content (AvgIpc) is 3.37. The fourth-order valence-electron chi connectivity index (χ4n) is 5.67. The van der Waals surface area contributed by atoms with Crippen LogP contribution in [0.1, 0.15) is 60.3 Å². The maximum Gasteiger partial charge on any atom is 0.416 e. The van der Waals surface area contributed by atoms with Gasteiger partial charge < -0.3 is 21.1 Å². The molecule has 0 unspecified atom stereocenters. The van der Waals surface area contributed by atoms with Crippen molar-refractivity contribution >= 4 is 29.0 Å². The van der Waals surface area contributed by atoms with Crippen LogP contribution < -0.4 is 16.4 Å². The van der Waals surface area contributed by atoms with Crippen molar-refractivity contribution in [1.82, 2.24) is 24.7 Å². The van der Waals surface area contributed by atoms with Gasteiger partial charge in [-0.1, -0.05) is 18.6 Å². The number of carbonyl (C=O) groups excluding carboxylic acids is 2. The molecular weight excluding hydrogens is 563 g/mol. The highest BCUT2D eigenvalue weighted by atomic mass is 19.4. The minimum Gasteiger partial charge on any atom is -0.382 e. The minimum absolute atomic E-state index is 0.0134. The number of nitrogens with two attached hydrogens (primary N) is 1. The van der Waals surface area contributed by atoms with E-state index >= 15 is 0 Å². The van der Waals surface area contributed by atoms with Crippen LogP contribution in [0.15, 0.2) is 55.0 Å². The van der Waals surface area contributed by atoms with Crippen LogP contribution in [0, 0.1) is 5.41 Å². The Balaban J connectivity index is 1.23. The van der Waals surface area contributed by atoms with Crippen LogP contribution in [0.25, 0.3) is 16.8 Å². The van der Waals surface area contributed by atoms with Gasteiger partial charge in [0.25, 0.3) is 5.91 Å². The highest BCUT2D eigenvalue weighted by molar-refractivity contribution is 6.04. The summed E-state index contributed by atoms with van der Waals surface area (Å²) < 4.78 is 46.3. The van der Waals surface area contributed by atoms with Crippen LogP contribution in [0.2, 0.25) is 0 Å². The van der Waals surface area contributed by atoms with Gasteiger partial charge in [-0.2, -0.15) is 13.2 Å². The molecule has 0 bridgehead atoms. The number of carbonyl (C=O) groups is 2. The Morgan fingerprint density at radius 3 is 2.56 bits per heavy atom. The smallest absolute Gasteiger partial charge is 0.382 e. The maximum atomic E-state index is 13.0. The van der Waals surface area contributed by atoms with Gasteiger partial charge >= 0.3 is 6.18 Å². The predicted octanol–water partition coefficient (Wildman–Crippen LogP) is 4.82. The Morgan fingerprint density at radius 2 is 1.86 bits per heavy atom. The van der Waals surface area contributed by atoms with Gasteiger partial charge in [-0.3, -0.25) is 14.0 Å². The topological polar surface area (TPSA) is 137 Å². The molecule has 224 valence electrons. The summed E-state index contributed by atoms with van der Waals surface area (Å²) in [5, 5.41) is 5.63. The largest absolute Gasteiger partial charge is 0.416 e. The van der Waals surface area contributed by atoms with Crippen molar-refractivity contribution in [1.29, 1.82) is 0 Å². The minimum atomic E-state index is -4.55. The third-order valence-electron chi connectivity index (χ3n) is 8.12. The molecule has 4 heterocycles. The molecule has 1 aromatic carbocycles. The number of halogens is 3. The van der Waals surface area contributed by atoms with Crippen molar-refractivity contribution < 1.29 is 27.5 Å². The SMILES string of the molecule is CC1(C(=O)N[C@H]2CCC[C@@H](c3nc(-c4ccc(C(=O)Nc5cc(C(F)(F)F)ccn5)cc4)c4c(N)nccn34)C2)COC1. The predicted molar refractivity (Wildman–Crippen MR) is 152 cm³/mol. The molecule has 1 saturated heterocycles. The molecule has 10 nitrogen and oxygen atoms in total. The summed E-state index contributed by atoms with van der Waals surface area (Å²) in [6.45, 7) is 2.77. The third kappa shape index (κ3) is 5.64. The van der Waals surface area contributed by atoms with Crippen LogP contribution in [0.3, 0.4) is 0 Å². The van der Waals surface area contributed by atoms with E-state index in [0.29, 0.717) is 35.8 Å². The summed E-state index contributed by atoms with van der Waals surface area (Å²) in [5.41, 5.74) is 7.08. The van der Waals surface area contributed by atoms with E-state index in [1.807, 2.05) is 17.5 Å². The Morgan fingerprint density at radius 1 is 1.09 bits per heavy atom. The molecule has 0 radical (unpaired) electrons. The second-order valence-corrected chi connectivity index (χ2v) is 11.4. The van der Waals surface area contributed by atoms with Gasteiger partial charge in [-0.15, -0.1) is 0 Å². The standard InChI is InChI=1S/C30H30F3N7O3/c1-29(15-43-16-29)28(42)37-21-4-2-3-19(13-21)26-39-23(24-25(34)36-11-12-40(24)26)17-5-7-18(8-6-17)27(41)38-22-14-20(9-10-35-22)30(31,32)33/h5-12,14,19,21H,2-4,13,15-16H2,1H3,(H2,34,36)(H,37,42)(H,35,38,41)/t19-,21+/m1/s1. The van der Waals surface area contributed by atoms with E-state index < -0.39 is 23.1 Å². The fraction of sp³-hybridized carbons (Fsp3) is 0.367. The van der Waals surface area contributed by atoms with E-state index in [0.717, 1.165) is 49.8 Å². The second kappa shape index (κ2) is 11.0. The Hall–Kier alpha value is -4.52. The first kappa shape index (κ1) is 28.6. The van der Waals surface area contributed by atoms with Crippen molar-refractivity contribution in [3.05, 3.63) is 71.9 Å². The molecule has 1 aliphatic heterocycles. The molecule has 13 heteroatoms. The fourth-order valence-corrected chi connectivity index (χ4v) is 5.67. The number of hydrogen-bond acceptors (Lipinski definition) is 7. The van der Waals surface area contributed by atoms with Gasteiger partial charge in [0.1, 0.15) is 28.7 Å². The molecule has 1 aliphatic carbocycles. The Bertz CT molecular complexity index is 1680. The van der Waals surface area contributed by atoms with Crippen molar-refractivity contribution in [2.75, 3.05) is 24.3 Å². The molecule has 43 heavy (non-hydrogen) atoms. The first-order valence-electron chi connectivity index (χ1n) is 14.0. The highest BCUT2D eigenvalue weighted by Crippen LogP contribution is 2.38. The summed E-state index contributed by atoms with van der Waals surface area (Å²) in [4.78, 5) is 38.7. The van der Waals surface area contributed by atoms with Gasteiger partial charge in [-0.05, 0) is 50.5 Å². The Labute approximate surface area is 244 Å². The number of imidazole rings is 1. The lowest BCUT2D eigenvalue weighted by Gasteiger charge is -2.38. The second-order valence-electron chi connectivity index (χ2n) is 11.4. The lowest BCUT2D eigenvalue weighted by atomic mass is 9.83.